The summed E-state index contributed by atoms with van der Waals surface area (Å²) in [6, 6.07) is 4.11. The molecule has 0 bridgehead atoms. The van der Waals surface area contributed by atoms with Crippen LogP contribution in [0.5, 0.6) is 11.5 Å². The first kappa shape index (κ1) is 22.0. The molecular formula is C18H26N2O7S2. The van der Waals surface area contributed by atoms with E-state index in [0.717, 1.165) is 0 Å². The normalized spacial score (nSPS) is 25.2. The topological polar surface area (TPSA) is 119 Å². The highest BCUT2D eigenvalue weighted by Gasteiger charge is 2.36. The number of hydrogen-bond acceptors (Lipinski definition) is 9. The van der Waals surface area contributed by atoms with Crippen LogP contribution in [0.4, 0.5) is 0 Å². The maximum absolute atomic E-state index is 12.9. The van der Waals surface area contributed by atoms with Crippen LogP contribution in [0.3, 0.4) is 0 Å². The van der Waals surface area contributed by atoms with Crippen molar-refractivity contribution in [2.24, 2.45) is 0 Å². The number of methoxy groups -OCH3 is 2. The van der Waals surface area contributed by atoms with Crippen molar-refractivity contribution in [2.45, 2.75) is 24.9 Å². The van der Waals surface area contributed by atoms with Crippen molar-refractivity contribution in [1.82, 2.24) is 10.4 Å². The summed E-state index contributed by atoms with van der Waals surface area (Å²) in [6.45, 7) is -0.0772. The molecule has 2 atom stereocenters. The Bertz CT molecular complexity index is 976. The maximum atomic E-state index is 12.9. The fourth-order valence-electron chi connectivity index (χ4n) is 3.69. The highest BCUT2D eigenvalue weighted by molar-refractivity contribution is 7.91. The van der Waals surface area contributed by atoms with E-state index in [0.29, 0.717) is 29.9 Å². The summed E-state index contributed by atoms with van der Waals surface area (Å²) in [5.74, 6) is 0.754. The molecule has 9 nitrogen and oxygen atoms in total. The lowest BCUT2D eigenvalue weighted by atomic mass is 10.1. The van der Waals surface area contributed by atoms with Gasteiger partial charge in [-0.1, -0.05) is 0 Å². The van der Waals surface area contributed by atoms with Gasteiger partial charge in [0.2, 0.25) is 0 Å². The van der Waals surface area contributed by atoms with Gasteiger partial charge in [0.05, 0.1) is 43.8 Å². The van der Waals surface area contributed by atoms with Gasteiger partial charge in [-0.3, -0.25) is 10.2 Å². The quantitative estimate of drug-likeness (QED) is 0.437. The summed E-state index contributed by atoms with van der Waals surface area (Å²) < 4.78 is 57.8. The molecule has 1 aromatic rings. The number of hydrogen-bond donors (Lipinski definition) is 1. The number of hydrazine groups is 1. The lowest BCUT2D eigenvalue weighted by Crippen LogP contribution is -2.53. The van der Waals surface area contributed by atoms with Gasteiger partial charge >= 0.3 is 0 Å². The van der Waals surface area contributed by atoms with Crippen LogP contribution in [-0.4, -0.2) is 83.5 Å². The van der Waals surface area contributed by atoms with Crippen molar-refractivity contribution >= 4 is 25.5 Å². The van der Waals surface area contributed by atoms with Crippen LogP contribution in [0.2, 0.25) is 0 Å². The van der Waals surface area contributed by atoms with Crippen LogP contribution in [0, 0.1) is 0 Å². The van der Waals surface area contributed by atoms with Gasteiger partial charge in [0.25, 0.3) is 0 Å². The SMILES string of the molecule is COc1ccc(C(=O)CN(N[C@H]2CCS(=O)(=O)C2)[C@H]2CCS(=O)(=O)C2)cc1OC. The predicted octanol–water partition coefficient (Wildman–Crippen LogP) is 0.0673. The van der Waals surface area contributed by atoms with E-state index >= 15 is 0 Å². The second-order valence-corrected chi connectivity index (χ2v) is 11.9. The molecule has 1 N–H and O–H groups in total. The molecule has 2 aliphatic rings. The van der Waals surface area contributed by atoms with Gasteiger partial charge in [-0.15, -0.1) is 0 Å². The largest absolute Gasteiger partial charge is 0.493 e. The number of nitrogens with zero attached hydrogens (tertiary/aromatic N) is 1. The van der Waals surface area contributed by atoms with Gasteiger partial charge in [0.1, 0.15) is 0 Å². The molecule has 11 heteroatoms. The third-order valence-corrected chi connectivity index (χ3v) is 8.77. The first-order valence-corrected chi connectivity index (χ1v) is 13.0. The number of sulfone groups is 2. The summed E-state index contributed by atoms with van der Waals surface area (Å²) >= 11 is 0. The summed E-state index contributed by atoms with van der Waals surface area (Å²) in [7, 11) is -3.30. The Morgan fingerprint density at radius 1 is 1.03 bits per heavy atom. The summed E-state index contributed by atoms with van der Waals surface area (Å²) in [6.07, 6.45) is 0.830. The number of rotatable bonds is 8. The Balaban J connectivity index is 1.78. The Kier molecular flexibility index (Phi) is 6.51. The third kappa shape index (κ3) is 5.47. The van der Waals surface area contributed by atoms with Crippen LogP contribution in [-0.2, 0) is 19.7 Å². The van der Waals surface area contributed by atoms with Gasteiger partial charge in [-0.2, -0.15) is 0 Å². The lowest BCUT2D eigenvalue weighted by Gasteiger charge is -2.30. The van der Waals surface area contributed by atoms with Crippen LogP contribution in [0.25, 0.3) is 0 Å². The molecule has 29 heavy (non-hydrogen) atoms. The van der Waals surface area contributed by atoms with Crippen LogP contribution < -0.4 is 14.9 Å². The fraction of sp³-hybridized carbons (Fsp3) is 0.611. The molecule has 2 fully saturated rings. The van der Waals surface area contributed by atoms with E-state index in [2.05, 4.69) is 5.43 Å². The molecule has 0 radical (unpaired) electrons. The van der Waals surface area contributed by atoms with Crippen molar-refractivity contribution in [3.8, 4) is 11.5 Å². The van der Waals surface area contributed by atoms with Crippen LogP contribution in [0.15, 0.2) is 18.2 Å². The molecule has 0 unspecified atom stereocenters. The molecule has 0 spiro atoms. The molecule has 0 saturated carbocycles. The summed E-state index contributed by atoms with van der Waals surface area (Å²) in [5, 5.41) is 1.61. The summed E-state index contributed by atoms with van der Waals surface area (Å²) in [4.78, 5) is 12.9. The van der Waals surface area contributed by atoms with Gasteiger partial charge < -0.3 is 9.47 Å². The minimum Gasteiger partial charge on any atom is -0.493 e. The first-order valence-electron chi connectivity index (χ1n) is 9.31. The number of Topliss-reactive ketones (excluding diaryl/α,β-unsaturated/α-hetero) is 1. The van der Waals surface area contributed by atoms with Crippen molar-refractivity contribution in [3.05, 3.63) is 23.8 Å². The second kappa shape index (κ2) is 8.58. The highest BCUT2D eigenvalue weighted by atomic mass is 32.2. The average Bonchev–Trinajstić information content (AvgIpc) is 3.21. The van der Waals surface area contributed by atoms with E-state index in [9.17, 15) is 21.6 Å². The van der Waals surface area contributed by atoms with Crippen molar-refractivity contribution in [1.29, 1.82) is 0 Å². The number of ether oxygens (including phenoxy) is 2. The zero-order valence-corrected chi connectivity index (χ0v) is 18.1. The van der Waals surface area contributed by atoms with Crippen molar-refractivity contribution in [3.63, 3.8) is 0 Å². The van der Waals surface area contributed by atoms with E-state index in [1.165, 1.54) is 14.2 Å². The van der Waals surface area contributed by atoms with Gasteiger partial charge in [0.15, 0.2) is 37.0 Å². The number of ketones is 1. The van der Waals surface area contributed by atoms with E-state index in [1.54, 1.807) is 23.2 Å². The maximum Gasteiger partial charge on any atom is 0.178 e. The molecule has 2 heterocycles. The zero-order chi connectivity index (χ0) is 21.2. The van der Waals surface area contributed by atoms with Gasteiger partial charge in [-0.25, -0.2) is 21.8 Å². The Labute approximate surface area is 171 Å². The number of carbonyl (C=O) groups excluding carboxylic acids is 1. The minimum absolute atomic E-state index is 0.0203. The Morgan fingerprint density at radius 3 is 2.24 bits per heavy atom. The second-order valence-electron chi connectivity index (χ2n) is 7.41. The summed E-state index contributed by atoms with van der Waals surface area (Å²) in [5.41, 5.74) is 3.51. The molecule has 2 saturated heterocycles. The number of nitrogens with one attached hydrogen (secondary N) is 1. The Hall–Kier alpha value is -1.69. The molecule has 0 aliphatic carbocycles. The van der Waals surface area contributed by atoms with Crippen molar-refractivity contribution < 1.29 is 31.1 Å². The Morgan fingerprint density at radius 2 is 1.69 bits per heavy atom. The molecule has 3 rings (SSSR count). The smallest absolute Gasteiger partial charge is 0.178 e. The molecule has 1 aromatic carbocycles. The van der Waals surface area contributed by atoms with E-state index in [-0.39, 0.29) is 47.4 Å². The zero-order valence-electron chi connectivity index (χ0n) is 16.5. The van der Waals surface area contributed by atoms with E-state index in [1.807, 2.05) is 0 Å². The minimum atomic E-state index is -3.16. The molecule has 0 aromatic heterocycles. The van der Waals surface area contributed by atoms with Crippen LogP contribution in [0.1, 0.15) is 23.2 Å². The highest BCUT2D eigenvalue weighted by Crippen LogP contribution is 2.28. The van der Waals surface area contributed by atoms with Gasteiger partial charge in [0, 0.05) is 17.6 Å². The van der Waals surface area contributed by atoms with Crippen LogP contribution >= 0.6 is 0 Å². The molecular weight excluding hydrogens is 420 g/mol. The molecule has 0 amide bonds. The van der Waals surface area contributed by atoms with E-state index in [4.69, 9.17) is 9.47 Å². The van der Waals surface area contributed by atoms with E-state index < -0.39 is 19.7 Å². The first-order chi connectivity index (χ1) is 13.6. The van der Waals surface area contributed by atoms with Gasteiger partial charge in [-0.05, 0) is 31.0 Å². The number of carbonyl (C=O) groups is 1. The predicted molar refractivity (Wildman–Crippen MR) is 108 cm³/mol. The third-order valence-electron chi connectivity index (χ3n) is 5.25. The van der Waals surface area contributed by atoms with Crippen molar-refractivity contribution in [2.75, 3.05) is 43.8 Å². The lowest BCUT2D eigenvalue weighted by molar-refractivity contribution is 0.0768. The molecule has 162 valence electrons. The monoisotopic (exact) mass is 446 g/mol. The fourth-order valence-corrected chi connectivity index (χ4v) is 7.08. The number of benzene rings is 1. The standard InChI is InChI=1S/C18H26N2O7S2/c1-26-17-4-3-13(9-18(17)27-2)16(21)10-20(15-6-8-29(24,25)12-15)19-14-5-7-28(22,23)11-14/h3-4,9,14-15,19H,5-8,10-12H2,1-2H3/t14-,15-/m0/s1. The average molecular weight is 447 g/mol. The molecule has 2 aliphatic heterocycles.